The van der Waals surface area contributed by atoms with E-state index in [1.807, 2.05) is 60.7 Å². The Morgan fingerprint density at radius 1 is 1.06 bits per heavy atom. The molecule has 5 rings (SSSR count). The lowest BCUT2D eigenvalue weighted by Crippen LogP contribution is -2.71. The number of aromatic nitrogens is 1. The number of carbonyl (C=O) groups is 5. The van der Waals surface area contributed by atoms with Crippen LogP contribution in [-0.4, -0.2) is 88.4 Å². The maximum Gasteiger partial charge on any atom is 0.511 e. The van der Waals surface area contributed by atoms with Crippen LogP contribution in [0.1, 0.15) is 36.8 Å². The molecule has 3 aromatic rings. The molecule has 3 N–H and O–H groups in total. The number of benzene rings is 2. The zero-order valence-corrected chi connectivity index (χ0v) is 30.0. The Balaban J connectivity index is 1.26. The second kappa shape index (κ2) is 17.2. The Bertz CT molecular complexity index is 1780. The standard InChI is InChI=1S/C33H33N5O10S3/c1-4-44-33(43)47-18(2)46-31(42)26-22(49-3)17-50-30-25(29(41)38(26)30)36-28(40)24(21-16-51-32(34)35-21)37-45-15-23(39)48-27(19-11-7-5-8-12-19)20-13-9-6-10-14-20/h5-14,16,18,25,27,30H,4,15,17H2,1-3H3,(H2,34,35)(H,36,40)/t18?,25?,30-/m0/s1. The number of thiazole rings is 1. The van der Waals surface area contributed by atoms with Gasteiger partial charge >= 0.3 is 18.1 Å². The van der Waals surface area contributed by atoms with Crippen molar-refractivity contribution in [2.75, 3.05) is 31.0 Å². The number of esters is 2. The van der Waals surface area contributed by atoms with E-state index in [1.165, 1.54) is 40.7 Å². The Kier molecular flexibility index (Phi) is 12.6. The summed E-state index contributed by atoms with van der Waals surface area (Å²) in [6, 6.07) is 17.3. The summed E-state index contributed by atoms with van der Waals surface area (Å²) in [6.07, 6.45) is -1.28. The number of nitrogens with zero attached hydrogens (tertiary/aromatic N) is 3. The predicted octanol–water partition coefficient (Wildman–Crippen LogP) is 3.82. The highest BCUT2D eigenvalue weighted by Gasteiger charge is 2.55. The average Bonchev–Trinajstić information content (AvgIpc) is 3.56. The quantitative estimate of drug-likeness (QED) is 0.0601. The fourth-order valence-corrected chi connectivity index (χ4v) is 7.76. The van der Waals surface area contributed by atoms with Gasteiger partial charge in [-0.25, -0.2) is 19.4 Å². The topological polar surface area (TPSA) is 198 Å². The minimum atomic E-state index is -1.30. The number of nitrogens with one attached hydrogen (secondary N) is 1. The number of hydrogen-bond acceptors (Lipinski definition) is 16. The van der Waals surface area contributed by atoms with E-state index in [4.69, 9.17) is 29.5 Å². The molecule has 268 valence electrons. The van der Waals surface area contributed by atoms with Crippen molar-refractivity contribution in [3.63, 3.8) is 0 Å². The first-order valence-electron chi connectivity index (χ1n) is 15.4. The van der Waals surface area contributed by atoms with Crippen LogP contribution < -0.4 is 11.1 Å². The van der Waals surface area contributed by atoms with Gasteiger partial charge in [-0.1, -0.05) is 65.8 Å². The molecular weight excluding hydrogens is 723 g/mol. The highest BCUT2D eigenvalue weighted by Crippen LogP contribution is 2.43. The second-order valence-electron chi connectivity index (χ2n) is 10.6. The number of β-lactam (4-membered cyclic amide) rings is 1. The number of ether oxygens (including phenoxy) is 4. The van der Waals surface area contributed by atoms with Crippen LogP contribution in [0.5, 0.6) is 0 Å². The van der Waals surface area contributed by atoms with Crippen molar-refractivity contribution in [3.05, 3.63) is 93.5 Å². The number of amides is 2. The summed E-state index contributed by atoms with van der Waals surface area (Å²) in [5.41, 5.74) is 6.99. The van der Waals surface area contributed by atoms with Gasteiger partial charge in [0.25, 0.3) is 11.8 Å². The Morgan fingerprint density at radius 3 is 2.31 bits per heavy atom. The first-order chi connectivity index (χ1) is 24.6. The summed E-state index contributed by atoms with van der Waals surface area (Å²) >= 11 is 3.63. The van der Waals surface area contributed by atoms with Crippen LogP contribution in [-0.2, 0) is 43.0 Å². The van der Waals surface area contributed by atoms with Gasteiger partial charge in [0, 0.05) is 23.0 Å². The maximum atomic E-state index is 13.6. The maximum absolute atomic E-state index is 13.6. The largest absolute Gasteiger partial charge is 0.511 e. The van der Waals surface area contributed by atoms with Crippen LogP contribution in [0.25, 0.3) is 0 Å². The average molecular weight is 756 g/mol. The smallest absolute Gasteiger partial charge is 0.450 e. The molecule has 2 amide bonds. The van der Waals surface area contributed by atoms with Crippen molar-refractivity contribution in [2.45, 2.75) is 37.7 Å². The van der Waals surface area contributed by atoms with E-state index >= 15 is 0 Å². The number of carbonyl (C=O) groups excluding carboxylic acids is 5. The minimum absolute atomic E-state index is 0.0200. The van der Waals surface area contributed by atoms with Crippen LogP contribution in [0.15, 0.2) is 81.8 Å². The molecule has 0 radical (unpaired) electrons. The number of nitrogens with two attached hydrogens (primary N) is 1. The molecular formula is C33H33N5O10S3. The molecule has 15 nitrogen and oxygen atoms in total. The molecule has 2 unspecified atom stereocenters. The van der Waals surface area contributed by atoms with E-state index in [9.17, 15) is 24.0 Å². The van der Waals surface area contributed by atoms with E-state index in [1.54, 1.807) is 13.2 Å². The lowest BCUT2D eigenvalue weighted by molar-refractivity contribution is -0.168. The first kappa shape index (κ1) is 37.2. The molecule has 51 heavy (non-hydrogen) atoms. The number of hydrogen-bond donors (Lipinski definition) is 2. The van der Waals surface area contributed by atoms with Gasteiger partial charge in [-0.05, 0) is 24.3 Å². The van der Waals surface area contributed by atoms with Gasteiger partial charge in [0.15, 0.2) is 16.9 Å². The van der Waals surface area contributed by atoms with E-state index < -0.39 is 60.3 Å². The normalized spacial score (nSPS) is 17.5. The van der Waals surface area contributed by atoms with Crippen molar-refractivity contribution in [3.8, 4) is 0 Å². The van der Waals surface area contributed by atoms with Crippen LogP contribution >= 0.6 is 34.9 Å². The summed E-state index contributed by atoms with van der Waals surface area (Å²) in [5, 5.41) is 7.48. The van der Waals surface area contributed by atoms with Gasteiger partial charge in [0.05, 0.1) is 6.61 Å². The van der Waals surface area contributed by atoms with Gasteiger partial charge in [-0.2, -0.15) is 0 Å². The second-order valence-corrected chi connectivity index (χ2v) is 13.5. The van der Waals surface area contributed by atoms with Crippen molar-refractivity contribution in [2.24, 2.45) is 5.16 Å². The third kappa shape index (κ3) is 9.00. The zero-order chi connectivity index (χ0) is 36.5. The van der Waals surface area contributed by atoms with Crippen molar-refractivity contribution in [1.29, 1.82) is 0 Å². The Labute approximate surface area is 304 Å². The third-order valence-electron chi connectivity index (χ3n) is 7.23. The number of fused-ring (bicyclic) bond motifs is 1. The monoisotopic (exact) mass is 755 g/mol. The summed E-state index contributed by atoms with van der Waals surface area (Å²) in [6.45, 7) is 2.36. The minimum Gasteiger partial charge on any atom is -0.450 e. The number of nitrogen functional groups attached to an aromatic ring is 1. The fraction of sp³-hybridized carbons (Fsp3) is 0.303. The number of thioether (sulfide) groups is 2. The van der Waals surface area contributed by atoms with E-state index in [2.05, 4.69) is 15.5 Å². The molecule has 2 aliphatic heterocycles. The molecule has 0 saturated carbocycles. The number of anilines is 1. The van der Waals surface area contributed by atoms with Crippen LogP contribution in [0.3, 0.4) is 0 Å². The van der Waals surface area contributed by atoms with Crippen LogP contribution in [0, 0.1) is 0 Å². The van der Waals surface area contributed by atoms with Crippen LogP contribution in [0.2, 0.25) is 0 Å². The molecule has 1 fully saturated rings. The highest BCUT2D eigenvalue weighted by molar-refractivity contribution is 8.05. The molecule has 0 aliphatic carbocycles. The third-order valence-corrected chi connectivity index (χ3v) is 10.2. The van der Waals surface area contributed by atoms with E-state index in [0.717, 1.165) is 22.5 Å². The highest BCUT2D eigenvalue weighted by atomic mass is 32.2. The Hall–Kier alpha value is -5.07. The van der Waals surface area contributed by atoms with Gasteiger partial charge in [-0.3, -0.25) is 14.5 Å². The lowest BCUT2D eigenvalue weighted by Gasteiger charge is -2.49. The molecule has 0 spiro atoms. The molecule has 2 aromatic carbocycles. The fourth-order valence-electron chi connectivity index (χ4n) is 4.96. The molecule has 3 heterocycles. The van der Waals surface area contributed by atoms with Crippen molar-refractivity contribution >= 4 is 75.6 Å². The summed E-state index contributed by atoms with van der Waals surface area (Å²) in [5.74, 6) is -2.73. The lowest BCUT2D eigenvalue weighted by atomic mass is 10.0. The summed E-state index contributed by atoms with van der Waals surface area (Å²) in [4.78, 5) is 76.0. The Morgan fingerprint density at radius 2 is 1.73 bits per heavy atom. The molecule has 1 aromatic heterocycles. The van der Waals surface area contributed by atoms with Crippen LogP contribution in [0.4, 0.5) is 9.93 Å². The molecule has 3 atom stereocenters. The predicted molar refractivity (Wildman–Crippen MR) is 189 cm³/mol. The van der Waals surface area contributed by atoms with Gasteiger partial charge < -0.3 is 34.8 Å². The number of oxime groups is 1. The van der Waals surface area contributed by atoms with Gasteiger partial charge in [0.2, 0.25) is 12.9 Å². The van der Waals surface area contributed by atoms with Crippen molar-refractivity contribution in [1.82, 2.24) is 15.2 Å². The SMILES string of the molecule is CCOC(=O)OC(C)OC(=O)C1=C(SC)CS[C@H]2C(NC(=O)C(=NOCC(=O)OC(c3ccccc3)c3ccccc3)c3csc(N)n3)C(=O)N12. The summed E-state index contributed by atoms with van der Waals surface area (Å²) in [7, 11) is 0. The molecule has 1 saturated heterocycles. The molecule has 2 aliphatic rings. The van der Waals surface area contributed by atoms with E-state index in [0.29, 0.717) is 10.7 Å². The summed E-state index contributed by atoms with van der Waals surface area (Å²) < 4.78 is 20.6. The van der Waals surface area contributed by atoms with E-state index in [-0.39, 0.29) is 28.8 Å². The van der Waals surface area contributed by atoms with Crippen molar-refractivity contribution < 1.29 is 47.8 Å². The zero-order valence-electron chi connectivity index (χ0n) is 27.5. The van der Waals surface area contributed by atoms with Gasteiger partial charge in [0.1, 0.15) is 22.8 Å². The molecule has 18 heteroatoms. The molecule has 0 bridgehead atoms. The first-order valence-corrected chi connectivity index (χ1v) is 18.5. The van der Waals surface area contributed by atoms with Gasteiger partial charge in [-0.15, -0.1) is 34.9 Å². The number of rotatable bonds is 14.